The topological polar surface area (TPSA) is 55.6 Å². The zero-order valence-corrected chi connectivity index (χ0v) is 13.1. The summed E-state index contributed by atoms with van der Waals surface area (Å²) in [6, 6.07) is 12.5. The molecule has 5 heteroatoms. The molecule has 0 radical (unpaired) electrons. The number of amides is 1. The molecule has 2 aromatic carbocycles. The molecule has 116 valence electrons. The summed E-state index contributed by atoms with van der Waals surface area (Å²) in [6.07, 6.45) is 5.09. The Balaban J connectivity index is 1.95. The molecular weight excluding hydrogens is 312 g/mol. The van der Waals surface area contributed by atoms with Crippen molar-refractivity contribution in [2.24, 2.45) is 0 Å². The molecule has 1 unspecified atom stereocenters. The van der Waals surface area contributed by atoms with Crippen molar-refractivity contribution in [2.45, 2.75) is 12.5 Å². The highest BCUT2D eigenvalue weighted by atomic mass is 35.5. The van der Waals surface area contributed by atoms with E-state index < -0.39 is 6.10 Å². The molecule has 0 saturated carbocycles. The van der Waals surface area contributed by atoms with Crippen LogP contribution < -0.4 is 15.4 Å². The summed E-state index contributed by atoms with van der Waals surface area (Å²) in [5, 5.41) is 0.603. The van der Waals surface area contributed by atoms with Crippen molar-refractivity contribution < 1.29 is 9.53 Å². The number of nitrogens with two attached hydrogens (primary N) is 1. The van der Waals surface area contributed by atoms with Crippen molar-refractivity contribution in [3.8, 4) is 18.1 Å². The van der Waals surface area contributed by atoms with Gasteiger partial charge in [-0.1, -0.05) is 35.7 Å². The highest BCUT2D eigenvalue weighted by Crippen LogP contribution is 2.36. The first kappa shape index (κ1) is 15.3. The van der Waals surface area contributed by atoms with Crippen molar-refractivity contribution in [3.63, 3.8) is 0 Å². The Morgan fingerprint density at radius 1 is 1.30 bits per heavy atom. The van der Waals surface area contributed by atoms with E-state index in [4.69, 9.17) is 28.5 Å². The second-order valence-electron chi connectivity index (χ2n) is 5.26. The van der Waals surface area contributed by atoms with Gasteiger partial charge in [0.2, 0.25) is 0 Å². The van der Waals surface area contributed by atoms with Gasteiger partial charge in [-0.15, -0.1) is 6.42 Å². The molecular formula is C18H15ClN2O2. The van der Waals surface area contributed by atoms with Gasteiger partial charge in [-0.05, 0) is 23.8 Å². The van der Waals surface area contributed by atoms with Crippen LogP contribution in [0.3, 0.4) is 0 Å². The van der Waals surface area contributed by atoms with Crippen LogP contribution in [0.5, 0.6) is 5.75 Å². The Kier molecular flexibility index (Phi) is 4.14. The van der Waals surface area contributed by atoms with Crippen molar-refractivity contribution in [1.82, 2.24) is 0 Å². The zero-order chi connectivity index (χ0) is 16.4. The van der Waals surface area contributed by atoms with Crippen molar-refractivity contribution >= 4 is 28.9 Å². The molecule has 1 amide bonds. The molecule has 0 fully saturated rings. The van der Waals surface area contributed by atoms with Gasteiger partial charge in [0.05, 0.1) is 12.2 Å². The van der Waals surface area contributed by atoms with Crippen molar-refractivity contribution in [3.05, 3.63) is 53.1 Å². The number of halogens is 1. The fourth-order valence-corrected chi connectivity index (χ4v) is 2.80. The third-order valence-corrected chi connectivity index (χ3v) is 4.07. The van der Waals surface area contributed by atoms with Crippen LogP contribution in [0.25, 0.3) is 0 Å². The number of carbonyl (C=O) groups excluding carboxylic acids is 1. The van der Waals surface area contributed by atoms with Crippen molar-refractivity contribution in [2.75, 3.05) is 17.2 Å². The molecule has 0 spiro atoms. The van der Waals surface area contributed by atoms with E-state index in [1.54, 1.807) is 29.2 Å². The minimum atomic E-state index is -0.683. The molecule has 0 saturated heterocycles. The molecule has 0 aromatic heterocycles. The highest BCUT2D eigenvalue weighted by molar-refractivity contribution is 6.31. The summed E-state index contributed by atoms with van der Waals surface area (Å²) in [4.78, 5) is 14.3. The lowest BCUT2D eigenvalue weighted by Gasteiger charge is -2.33. The molecule has 3 rings (SSSR count). The van der Waals surface area contributed by atoms with Crippen LogP contribution in [-0.4, -0.2) is 18.6 Å². The maximum atomic E-state index is 12.7. The van der Waals surface area contributed by atoms with Gasteiger partial charge < -0.3 is 10.5 Å². The minimum Gasteiger partial charge on any atom is -0.478 e. The number of fused-ring (bicyclic) bond motifs is 1. The second kappa shape index (κ2) is 6.23. The summed E-state index contributed by atoms with van der Waals surface area (Å²) < 4.78 is 5.86. The van der Waals surface area contributed by atoms with E-state index in [2.05, 4.69) is 5.92 Å². The lowest BCUT2D eigenvalue weighted by atomic mass is 10.0. The minimum absolute atomic E-state index is 0.179. The monoisotopic (exact) mass is 326 g/mol. The molecule has 23 heavy (non-hydrogen) atoms. The number of ether oxygens (including phenoxy) is 1. The molecule has 1 heterocycles. The van der Waals surface area contributed by atoms with E-state index in [9.17, 15) is 4.79 Å². The number of carbonyl (C=O) groups is 1. The van der Waals surface area contributed by atoms with E-state index in [1.165, 1.54) is 0 Å². The standard InChI is InChI=1S/C18H15ClN2O2/c1-2-9-21-15-8-7-13(20)11-16(15)23-17(18(21)22)10-12-5-3-4-6-14(12)19/h1,3-8,11,17H,9-10,20H2. The number of nitrogens with zero attached hydrogens (tertiary/aromatic N) is 1. The van der Waals surface area contributed by atoms with E-state index in [0.717, 1.165) is 5.56 Å². The number of hydrogen-bond acceptors (Lipinski definition) is 3. The summed E-state index contributed by atoms with van der Waals surface area (Å²) in [5.41, 5.74) is 7.86. The number of nitrogen functional groups attached to an aromatic ring is 1. The van der Waals surface area contributed by atoms with Gasteiger partial charge in [-0.25, -0.2) is 0 Å². The van der Waals surface area contributed by atoms with Crippen LogP contribution in [0, 0.1) is 12.3 Å². The predicted octanol–water partition coefficient (Wildman–Crippen LogP) is 2.89. The third-order valence-electron chi connectivity index (χ3n) is 3.70. The van der Waals surface area contributed by atoms with E-state index >= 15 is 0 Å². The molecule has 1 atom stereocenters. The summed E-state index contributed by atoms with van der Waals surface area (Å²) in [7, 11) is 0. The zero-order valence-electron chi connectivity index (χ0n) is 12.3. The second-order valence-corrected chi connectivity index (χ2v) is 5.66. The van der Waals surface area contributed by atoms with Crippen LogP contribution in [0.2, 0.25) is 5.02 Å². The van der Waals surface area contributed by atoms with Gasteiger partial charge in [0, 0.05) is 23.2 Å². The van der Waals surface area contributed by atoms with Gasteiger partial charge >= 0.3 is 0 Å². The number of anilines is 2. The molecule has 0 bridgehead atoms. The van der Waals surface area contributed by atoms with Gasteiger partial charge in [0.15, 0.2) is 6.10 Å². The molecule has 1 aliphatic rings. The average molecular weight is 327 g/mol. The normalized spacial score (nSPS) is 16.4. The summed E-state index contributed by atoms with van der Waals surface area (Å²) >= 11 is 6.18. The Bertz CT molecular complexity index is 798. The summed E-state index contributed by atoms with van der Waals surface area (Å²) in [6.45, 7) is 0.179. The third kappa shape index (κ3) is 2.96. The van der Waals surface area contributed by atoms with Crippen molar-refractivity contribution in [1.29, 1.82) is 0 Å². The Labute approximate surface area is 139 Å². The fourth-order valence-electron chi connectivity index (χ4n) is 2.59. The van der Waals surface area contributed by atoms with Crippen LogP contribution in [0.15, 0.2) is 42.5 Å². The Morgan fingerprint density at radius 2 is 2.09 bits per heavy atom. The first-order valence-corrected chi connectivity index (χ1v) is 7.52. The highest BCUT2D eigenvalue weighted by Gasteiger charge is 2.34. The average Bonchev–Trinajstić information content (AvgIpc) is 2.53. The largest absolute Gasteiger partial charge is 0.478 e. The van der Waals surface area contributed by atoms with Crippen LogP contribution >= 0.6 is 11.6 Å². The lowest BCUT2D eigenvalue weighted by molar-refractivity contribution is -0.126. The lowest BCUT2D eigenvalue weighted by Crippen LogP contribution is -2.47. The predicted molar refractivity (Wildman–Crippen MR) is 91.6 cm³/mol. The Morgan fingerprint density at radius 3 is 2.83 bits per heavy atom. The van der Waals surface area contributed by atoms with Crippen LogP contribution in [0.1, 0.15) is 5.56 Å². The van der Waals surface area contributed by atoms with Crippen LogP contribution in [-0.2, 0) is 11.2 Å². The molecule has 2 aromatic rings. The van der Waals surface area contributed by atoms with Gasteiger partial charge in [0.25, 0.3) is 5.91 Å². The molecule has 4 nitrogen and oxygen atoms in total. The summed E-state index contributed by atoms with van der Waals surface area (Å²) in [5.74, 6) is 2.88. The molecule has 2 N–H and O–H groups in total. The van der Waals surface area contributed by atoms with Crippen LogP contribution in [0.4, 0.5) is 11.4 Å². The number of rotatable bonds is 3. The number of terminal acetylenes is 1. The quantitative estimate of drug-likeness (QED) is 0.697. The van der Waals surface area contributed by atoms with Gasteiger partial charge in [-0.2, -0.15) is 0 Å². The first-order chi connectivity index (χ1) is 11.1. The van der Waals surface area contributed by atoms with E-state index in [-0.39, 0.29) is 12.5 Å². The van der Waals surface area contributed by atoms with E-state index in [0.29, 0.717) is 28.6 Å². The Hall–Kier alpha value is -2.64. The van der Waals surface area contributed by atoms with E-state index in [1.807, 2.05) is 18.2 Å². The SMILES string of the molecule is C#CCN1C(=O)C(Cc2ccccc2Cl)Oc2cc(N)ccc21. The van der Waals surface area contributed by atoms with Gasteiger partial charge in [-0.3, -0.25) is 9.69 Å². The number of benzene rings is 2. The maximum Gasteiger partial charge on any atom is 0.269 e. The fraction of sp³-hybridized carbons (Fsp3) is 0.167. The molecule has 1 aliphatic heterocycles. The number of hydrogen-bond donors (Lipinski definition) is 1. The smallest absolute Gasteiger partial charge is 0.269 e. The first-order valence-electron chi connectivity index (χ1n) is 7.14. The van der Waals surface area contributed by atoms with Gasteiger partial charge in [0.1, 0.15) is 5.75 Å². The molecule has 0 aliphatic carbocycles. The maximum absolute atomic E-state index is 12.7.